The van der Waals surface area contributed by atoms with Crippen LogP contribution < -0.4 is 5.32 Å². The molecule has 1 saturated carbocycles. The molecule has 3 atom stereocenters. The van der Waals surface area contributed by atoms with Gasteiger partial charge in [-0.1, -0.05) is 31.2 Å². The molecule has 21 heavy (non-hydrogen) atoms. The van der Waals surface area contributed by atoms with Crippen LogP contribution in [-0.2, 0) is 10.2 Å². The highest BCUT2D eigenvalue weighted by molar-refractivity contribution is 5.81. The third kappa shape index (κ3) is 2.10. The van der Waals surface area contributed by atoms with Crippen LogP contribution in [0.3, 0.4) is 0 Å². The molecular weight excluding hydrogens is 260 g/mol. The van der Waals surface area contributed by atoms with Crippen LogP contribution in [0, 0.1) is 5.92 Å². The van der Waals surface area contributed by atoms with Crippen molar-refractivity contribution in [2.24, 2.45) is 5.92 Å². The zero-order valence-electron chi connectivity index (χ0n) is 12.9. The topological polar surface area (TPSA) is 32.3 Å². The molecule has 1 heterocycles. The number of likely N-dealkylation sites (tertiary alicyclic amines) is 1. The maximum atomic E-state index is 12.3. The van der Waals surface area contributed by atoms with Crippen molar-refractivity contribution in [3.05, 3.63) is 35.4 Å². The fourth-order valence-electron chi connectivity index (χ4n) is 4.24. The number of likely N-dealkylation sites (N-methyl/N-ethyl adjacent to an activating group) is 1. The van der Waals surface area contributed by atoms with Gasteiger partial charge in [0, 0.05) is 12.0 Å². The number of carbonyl (C=O) groups is 1. The summed E-state index contributed by atoms with van der Waals surface area (Å²) in [6, 6.07) is 9.33. The summed E-state index contributed by atoms with van der Waals surface area (Å²) < 4.78 is 0. The van der Waals surface area contributed by atoms with Gasteiger partial charge in [-0.2, -0.15) is 0 Å². The molecule has 3 aliphatic rings. The van der Waals surface area contributed by atoms with Crippen LogP contribution in [0.15, 0.2) is 24.3 Å². The summed E-state index contributed by atoms with van der Waals surface area (Å²) in [6.07, 6.45) is 4.49. The number of nitrogens with one attached hydrogen (secondary N) is 1. The first-order chi connectivity index (χ1) is 10.1. The fourth-order valence-corrected chi connectivity index (χ4v) is 4.24. The summed E-state index contributed by atoms with van der Waals surface area (Å²) in [7, 11) is 2.20. The molecule has 3 nitrogen and oxygen atoms in total. The van der Waals surface area contributed by atoms with E-state index >= 15 is 0 Å². The van der Waals surface area contributed by atoms with Crippen molar-refractivity contribution in [1.82, 2.24) is 10.2 Å². The zero-order chi connectivity index (χ0) is 14.6. The van der Waals surface area contributed by atoms with E-state index in [1.165, 1.54) is 17.5 Å². The maximum Gasteiger partial charge on any atom is 0.223 e. The van der Waals surface area contributed by atoms with Crippen molar-refractivity contribution in [2.75, 3.05) is 13.6 Å². The monoisotopic (exact) mass is 284 g/mol. The summed E-state index contributed by atoms with van der Waals surface area (Å²) in [4.78, 5) is 14.7. The Kier molecular flexibility index (Phi) is 2.90. The van der Waals surface area contributed by atoms with E-state index in [0.717, 1.165) is 25.8 Å². The van der Waals surface area contributed by atoms with Crippen LogP contribution in [0.1, 0.15) is 49.8 Å². The molecule has 1 aliphatic heterocycles. The largest absolute Gasteiger partial charge is 0.347 e. The first kappa shape index (κ1) is 13.3. The van der Waals surface area contributed by atoms with Crippen LogP contribution in [0.25, 0.3) is 0 Å². The average molecular weight is 284 g/mol. The van der Waals surface area contributed by atoms with E-state index in [0.29, 0.717) is 6.04 Å². The first-order valence-corrected chi connectivity index (χ1v) is 8.18. The van der Waals surface area contributed by atoms with Gasteiger partial charge in [-0.3, -0.25) is 4.79 Å². The average Bonchev–Trinajstić information content (AvgIpc) is 3.32. The van der Waals surface area contributed by atoms with Gasteiger partial charge in [0.2, 0.25) is 5.91 Å². The summed E-state index contributed by atoms with van der Waals surface area (Å²) >= 11 is 0. The third-order valence-corrected chi connectivity index (χ3v) is 5.82. The van der Waals surface area contributed by atoms with Crippen molar-refractivity contribution < 1.29 is 4.79 Å². The molecule has 2 bridgehead atoms. The first-order valence-electron chi connectivity index (χ1n) is 8.18. The lowest BCUT2D eigenvalue weighted by Crippen LogP contribution is -2.56. The smallest absolute Gasteiger partial charge is 0.223 e. The predicted molar refractivity (Wildman–Crippen MR) is 83.1 cm³/mol. The molecule has 0 aromatic heterocycles. The summed E-state index contributed by atoms with van der Waals surface area (Å²) in [5, 5.41) is 3.36. The number of hydrogen-bond acceptors (Lipinski definition) is 2. The van der Waals surface area contributed by atoms with Gasteiger partial charge >= 0.3 is 0 Å². The molecule has 3 heteroatoms. The van der Waals surface area contributed by atoms with Crippen LogP contribution in [0.5, 0.6) is 0 Å². The second kappa shape index (κ2) is 4.57. The lowest BCUT2D eigenvalue weighted by molar-refractivity contribution is -0.124. The molecule has 1 amide bonds. The number of amides is 1. The highest BCUT2D eigenvalue weighted by atomic mass is 16.2. The number of nitrogens with zero attached hydrogens (tertiary/aromatic N) is 1. The summed E-state index contributed by atoms with van der Waals surface area (Å²) in [5.74, 6) is 0.539. The van der Waals surface area contributed by atoms with Gasteiger partial charge in [-0.15, -0.1) is 0 Å². The highest BCUT2D eigenvalue weighted by Crippen LogP contribution is 2.48. The predicted octanol–water partition coefficient (Wildman–Crippen LogP) is 2.62. The van der Waals surface area contributed by atoms with Crippen LogP contribution in [0.2, 0.25) is 0 Å². The Bertz CT molecular complexity index is 580. The molecule has 1 aromatic carbocycles. The molecule has 0 radical (unpaired) electrons. The van der Waals surface area contributed by atoms with Gasteiger partial charge in [0.15, 0.2) is 0 Å². The van der Waals surface area contributed by atoms with E-state index in [2.05, 4.69) is 48.5 Å². The van der Waals surface area contributed by atoms with E-state index in [4.69, 9.17) is 0 Å². The lowest BCUT2D eigenvalue weighted by Gasteiger charge is -2.52. The van der Waals surface area contributed by atoms with Gasteiger partial charge in [0.1, 0.15) is 0 Å². The molecule has 1 saturated heterocycles. The molecule has 4 rings (SSSR count). The Labute approximate surface area is 126 Å². The van der Waals surface area contributed by atoms with Crippen molar-refractivity contribution in [3.63, 3.8) is 0 Å². The van der Waals surface area contributed by atoms with Crippen LogP contribution >= 0.6 is 0 Å². The second-order valence-corrected chi connectivity index (χ2v) is 7.41. The Morgan fingerprint density at radius 3 is 2.86 bits per heavy atom. The van der Waals surface area contributed by atoms with E-state index in [1.54, 1.807) is 0 Å². The van der Waals surface area contributed by atoms with E-state index in [1.807, 2.05) is 0 Å². The number of carbonyl (C=O) groups excluding carboxylic acids is 1. The van der Waals surface area contributed by atoms with Crippen molar-refractivity contribution >= 4 is 5.91 Å². The second-order valence-electron chi connectivity index (χ2n) is 7.41. The number of fused-ring (bicyclic) bond motifs is 4. The number of hydrogen-bond donors (Lipinski definition) is 1. The van der Waals surface area contributed by atoms with Gasteiger partial charge in [0.05, 0.1) is 6.04 Å². The normalized spacial score (nSPS) is 35.1. The fraction of sp³-hybridized carbons (Fsp3) is 0.611. The lowest BCUT2D eigenvalue weighted by atomic mass is 9.63. The van der Waals surface area contributed by atoms with E-state index in [-0.39, 0.29) is 23.3 Å². The molecule has 2 fully saturated rings. The minimum Gasteiger partial charge on any atom is -0.347 e. The standard InChI is InChI=1S/C18H24N2O/c1-18-9-10-20(2)15(11-18)16(19-17(21)12-7-8-12)13-5-3-4-6-14(13)18/h3-6,12,15-16H,7-11H2,1-2H3,(H,19,21)/t15?,16-,18?/m0/s1. The minimum absolute atomic E-state index is 0.160. The third-order valence-electron chi connectivity index (χ3n) is 5.82. The van der Waals surface area contributed by atoms with Crippen molar-refractivity contribution in [1.29, 1.82) is 0 Å². The molecule has 2 unspecified atom stereocenters. The van der Waals surface area contributed by atoms with Gasteiger partial charge in [0.25, 0.3) is 0 Å². The minimum atomic E-state index is 0.160. The van der Waals surface area contributed by atoms with Gasteiger partial charge in [-0.05, 0) is 55.8 Å². The van der Waals surface area contributed by atoms with Gasteiger partial charge < -0.3 is 10.2 Å². The Balaban J connectivity index is 1.74. The molecule has 1 N–H and O–H groups in total. The van der Waals surface area contributed by atoms with Crippen LogP contribution in [-0.4, -0.2) is 30.4 Å². The van der Waals surface area contributed by atoms with E-state index < -0.39 is 0 Å². The van der Waals surface area contributed by atoms with E-state index in [9.17, 15) is 4.79 Å². The SMILES string of the molecule is CN1CCC2(C)CC1[C@@H](NC(=O)C1CC1)c1ccccc12. The molecular formula is C18H24N2O. The quantitative estimate of drug-likeness (QED) is 0.905. The highest BCUT2D eigenvalue weighted by Gasteiger charge is 2.47. The Morgan fingerprint density at radius 2 is 2.10 bits per heavy atom. The van der Waals surface area contributed by atoms with Crippen molar-refractivity contribution in [3.8, 4) is 0 Å². The summed E-state index contributed by atoms with van der Waals surface area (Å²) in [5.41, 5.74) is 3.07. The number of rotatable bonds is 2. The molecule has 2 aliphatic carbocycles. The summed E-state index contributed by atoms with van der Waals surface area (Å²) in [6.45, 7) is 3.51. The van der Waals surface area contributed by atoms with Gasteiger partial charge in [-0.25, -0.2) is 0 Å². The zero-order valence-corrected chi connectivity index (χ0v) is 12.9. The van der Waals surface area contributed by atoms with Crippen molar-refractivity contribution in [2.45, 2.75) is 50.1 Å². The Morgan fingerprint density at radius 1 is 1.33 bits per heavy atom. The molecule has 1 aromatic rings. The molecule has 0 spiro atoms. The maximum absolute atomic E-state index is 12.3. The number of benzene rings is 1. The molecule has 112 valence electrons. The number of piperidine rings is 1. The Hall–Kier alpha value is -1.35. The van der Waals surface area contributed by atoms with Crippen LogP contribution in [0.4, 0.5) is 0 Å².